The van der Waals surface area contributed by atoms with Crippen molar-refractivity contribution in [1.29, 1.82) is 0 Å². The summed E-state index contributed by atoms with van der Waals surface area (Å²) in [6.07, 6.45) is 62.2. The maximum Gasteiger partial charge on any atom is 0.249 e. The average molecular weight is 874 g/mol. The summed E-state index contributed by atoms with van der Waals surface area (Å²) in [6.45, 7) is 4.04. The zero-order valence-electron chi connectivity index (χ0n) is 41.4. The van der Waals surface area contributed by atoms with Crippen molar-refractivity contribution in [2.45, 2.75) is 308 Å². The van der Waals surface area contributed by atoms with E-state index in [1.165, 1.54) is 212 Å². The van der Waals surface area contributed by atoms with Crippen LogP contribution in [-0.4, -0.2) is 57.3 Å². The molecule has 0 aromatic carbocycles. The van der Waals surface area contributed by atoms with Crippen LogP contribution in [0.1, 0.15) is 284 Å². The first-order valence-electron chi connectivity index (χ1n) is 27.4. The van der Waals surface area contributed by atoms with E-state index in [2.05, 4.69) is 55.6 Å². The lowest BCUT2D eigenvalue weighted by Gasteiger charge is -2.27. The Morgan fingerprint density at radius 2 is 0.677 bits per heavy atom. The van der Waals surface area contributed by atoms with Crippen molar-refractivity contribution in [3.8, 4) is 0 Å². The molecule has 0 rings (SSSR count). The highest BCUT2D eigenvalue weighted by Crippen LogP contribution is 2.17. The third-order valence-corrected chi connectivity index (χ3v) is 12.8. The Kier molecular flexibility index (Phi) is 49.3. The summed E-state index contributed by atoms with van der Waals surface area (Å²) in [5, 5.41) is 43.8. The van der Waals surface area contributed by atoms with Crippen molar-refractivity contribution in [2.24, 2.45) is 0 Å². The number of nitrogens with one attached hydrogen (secondary N) is 1. The van der Waals surface area contributed by atoms with E-state index in [-0.39, 0.29) is 0 Å². The molecule has 5 N–H and O–H groups in total. The predicted molar refractivity (Wildman–Crippen MR) is 270 cm³/mol. The van der Waals surface area contributed by atoms with Gasteiger partial charge in [-0.1, -0.05) is 243 Å². The Morgan fingerprint density at radius 1 is 0.387 bits per heavy atom. The number of carbonyl (C=O) groups is 1. The highest BCUT2D eigenvalue weighted by molar-refractivity contribution is 5.80. The Labute approximate surface area is 386 Å². The molecule has 0 radical (unpaired) electrons. The van der Waals surface area contributed by atoms with Gasteiger partial charge in [-0.3, -0.25) is 4.79 Å². The molecule has 6 heteroatoms. The van der Waals surface area contributed by atoms with Gasteiger partial charge in [-0.15, -0.1) is 0 Å². The van der Waals surface area contributed by atoms with Gasteiger partial charge in [0.2, 0.25) is 5.91 Å². The van der Waals surface area contributed by atoms with Crippen LogP contribution in [0.5, 0.6) is 0 Å². The van der Waals surface area contributed by atoms with Crippen LogP contribution in [0.2, 0.25) is 0 Å². The highest BCUT2D eigenvalue weighted by atomic mass is 16.3. The molecule has 0 aromatic heterocycles. The Bertz CT molecular complexity index is 981. The van der Waals surface area contributed by atoms with E-state index >= 15 is 0 Å². The summed E-state index contributed by atoms with van der Waals surface area (Å²) >= 11 is 0. The highest BCUT2D eigenvalue weighted by Gasteiger charge is 2.28. The van der Waals surface area contributed by atoms with Crippen molar-refractivity contribution >= 4 is 5.91 Å². The second-order valence-electron chi connectivity index (χ2n) is 18.9. The second-order valence-corrected chi connectivity index (χ2v) is 18.9. The van der Waals surface area contributed by atoms with Crippen molar-refractivity contribution in [1.82, 2.24) is 5.32 Å². The second kappa shape index (κ2) is 50.5. The molecular weight excluding hydrogens is 767 g/mol. The molecule has 0 aliphatic carbocycles. The van der Waals surface area contributed by atoms with Crippen molar-refractivity contribution in [2.75, 3.05) is 6.61 Å². The molecule has 4 unspecified atom stereocenters. The predicted octanol–water partition coefficient (Wildman–Crippen LogP) is 15.6. The third-order valence-electron chi connectivity index (χ3n) is 12.8. The zero-order chi connectivity index (χ0) is 45.2. The quantitative estimate of drug-likeness (QED) is 0.0309. The van der Waals surface area contributed by atoms with Gasteiger partial charge < -0.3 is 25.7 Å². The first-order chi connectivity index (χ1) is 30.5. The van der Waals surface area contributed by atoms with E-state index in [0.717, 1.165) is 38.5 Å². The van der Waals surface area contributed by atoms with Crippen LogP contribution in [0.25, 0.3) is 0 Å². The van der Waals surface area contributed by atoms with Crippen LogP contribution >= 0.6 is 0 Å². The summed E-state index contributed by atoms with van der Waals surface area (Å²) in [4.78, 5) is 12.6. The lowest BCUT2D eigenvalue weighted by Crippen LogP contribution is -2.53. The van der Waals surface area contributed by atoms with Crippen molar-refractivity contribution in [3.05, 3.63) is 36.5 Å². The molecule has 0 saturated heterocycles. The minimum absolute atomic E-state index is 0.362. The van der Waals surface area contributed by atoms with Gasteiger partial charge in [0.25, 0.3) is 0 Å². The van der Waals surface area contributed by atoms with E-state index in [0.29, 0.717) is 19.3 Å². The number of hydrogen-bond donors (Lipinski definition) is 5. The Morgan fingerprint density at radius 3 is 1.02 bits per heavy atom. The molecule has 4 atom stereocenters. The number of carbonyl (C=O) groups excluding carboxylic acids is 1. The molecule has 0 fully saturated rings. The third kappa shape index (κ3) is 43.8. The van der Waals surface area contributed by atoms with Crippen LogP contribution in [0.3, 0.4) is 0 Å². The van der Waals surface area contributed by atoms with E-state index < -0.39 is 36.9 Å². The largest absolute Gasteiger partial charge is 0.394 e. The molecule has 0 aliphatic rings. The van der Waals surface area contributed by atoms with Gasteiger partial charge in [0.15, 0.2) is 0 Å². The minimum Gasteiger partial charge on any atom is -0.394 e. The maximum absolute atomic E-state index is 12.6. The first-order valence-corrected chi connectivity index (χ1v) is 27.4. The van der Waals surface area contributed by atoms with Crippen LogP contribution in [0.15, 0.2) is 36.5 Å². The van der Waals surface area contributed by atoms with Gasteiger partial charge >= 0.3 is 0 Å². The average Bonchev–Trinajstić information content (AvgIpc) is 3.28. The van der Waals surface area contributed by atoms with Gasteiger partial charge in [-0.25, -0.2) is 0 Å². The van der Waals surface area contributed by atoms with Gasteiger partial charge in [0, 0.05) is 0 Å². The Balaban J connectivity index is 3.61. The molecule has 0 heterocycles. The van der Waals surface area contributed by atoms with Gasteiger partial charge in [-0.2, -0.15) is 0 Å². The lowest BCUT2D eigenvalue weighted by molar-refractivity contribution is -0.132. The maximum atomic E-state index is 12.6. The fourth-order valence-electron chi connectivity index (χ4n) is 8.48. The molecule has 6 nitrogen and oxygen atoms in total. The zero-order valence-corrected chi connectivity index (χ0v) is 41.4. The van der Waals surface area contributed by atoms with Gasteiger partial charge in [0.1, 0.15) is 12.2 Å². The number of amides is 1. The van der Waals surface area contributed by atoms with Gasteiger partial charge in [0.05, 0.1) is 18.8 Å². The van der Waals surface area contributed by atoms with E-state index in [4.69, 9.17) is 0 Å². The molecule has 0 bridgehead atoms. The van der Waals surface area contributed by atoms with Crippen molar-refractivity contribution < 1.29 is 25.2 Å². The monoisotopic (exact) mass is 874 g/mol. The molecule has 62 heavy (non-hydrogen) atoms. The number of hydrogen-bond acceptors (Lipinski definition) is 5. The molecule has 0 aromatic rings. The standard InChI is InChI=1S/C56H107NO5/c1-3-5-7-9-11-13-15-17-19-20-21-22-23-24-25-26-27-28-29-30-31-32-33-34-36-38-40-42-44-46-48-50-54(60)56(62)57-52(51-58)55(61)53(59)49-47-45-43-41-39-37-35-18-16-14-12-10-8-6-4-2/h18,24-25,35,41,43,52-55,58-61H,3-17,19-23,26-34,36-40,42,44-51H2,1-2H3,(H,57,62)/b25-24-,35-18+,43-41+. The fraction of sp³-hybridized carbons (Fsp3) is 0.875. The fourth-order valence-corrected chi connectivity index (χ4v) is 8.48. The summed E-state index contributed by atoms with van der Waals surface area (Å²) in [6, 6.07) is -1.01. The van der Waals surface area contributed by atoms with Crippen LogP contribution < -0.4 is 5.32 Å². The van der Waals surface area contributed by atoms with Gasteiger partial charge in [-0.05, 0) is 77.0 Å². The minimum atomic E-state index is -1.29. The van der Waals surface area contributed by atoms with E-state index in [9.17, 15) is 25.2 Å². The van der Waals surface area contributed by atoms with Crippen LogP contribution in [0, 0.1) is 0 Å². The first kappa shape index (κ1) is 60.5. The lowest BCUT2D eigenvalue weighted by atomic mass is 10.00. The SMILES string of the molecule is CCCCCCCC/C=C/CC/C=C/CCCC(O)C(O)C(CO)NC(=O)C(O)CCCCCCCCCCCCCCCCC/C=C\CCCCCCCCCCCCCC. The summed E-state index contributed by atoms with van der Waals surface area (Å²) in [5.41, 5.74) is 0. The Hall–Kier alpha value is -1.47. The van der Waals surface area contributed by atoms with Crippen molar-refractivity contribution in [3.63, 3.8) is 0 Å². The van der Waals surface area contributed by atoms with Crippen LogP contribution in [0.4, 0.5) is 0 Å². The topological polar surface area (TPSA) is 110 Å². The molecule has 366 valence electrons. The van der Waals surface area contributed by atoms with E-state index in [1.807, 2.05) is 0 Å². The number of aliphatic hydroxyl groups is 4. The number of aliphatic hydroxyl groups excluding tert-OH is 4. The summed E-state index contributed by atoms with van der Waals surface area (Å²) in [7, 11) is 0. The van der Waals surface area contributed by atoms with Crippen LogP contribution in [-0.2, 0) is 4.79 Å². The molecule has 0 saturated carbocycles. The number of allylic oxidation sites excluding steroid dienone is 6. The van der Waals surface area contributed by atoms with E-state index in [1.54, 1.807) is 0 Å². The summed E-state index contributed by atoms with van der Waals surface area (Å²) < 4.78 is 0. The molecule has 1 amide bonds. The number of unbranched alkanes of at least 4 members (excludes halogenated alkanes) is 35. The summed E-state index contributed by atoms with van der Waals surface area (Å²) in [5.74, 6) is -0.595. The number of rotatable bonds is 50. The molecule has 0 spiro atoms. The molecular formula is C56H107NO5. The normalized spacial score (nSPS) is 14.1. The smallest absolute Gasteiger partial charge is 0.249 e. The molecule has 0 aliphatic heterocycles.